The molecular weight excluding hydrogens is 160 g/mol. The van der Waals surface area contributed by atoms with Crippen LogP contribution >= 0.6 is 0 Å². The molecule has 0 amide bonds. The summed E-state index contributed by atoms with van der Waals surface area (Å²) in [5.41, 5.74) is 0. The van der Waals surface area contributed by atoms with Gasteiger partial charge in [0.15, 0.2) is 0 Å². The van der Waals surface area contributed by atoms with Crippen molar-refractivity contribution in [3.8, 4) is 0 Å². The molecule has 2 nitrogen and oxygen atoms in total. The van der Waals surface area contributed by atoms with Crippen LogP contribution in [0.3, 0.4) is 0 Å². The second-order valence-corrected chi connectivity index (χ2v) is 4.13. The highest BCUT2D eigenvalue weighted by molar-refractivity contribution is 4.59. The van der Waals surface area contributed by atoms with Crippen molar-refractivity contribution in [3.63, 3.8) is 0 Å². The third kappa shape index (κ3) is 8.26. The molecule has 0 saturated heterocycles. The van der Waals surface area contributed by atoms with Crippen molar-refractivity contribution < 1.29 is 0 Å². The van der Waals surface area contributed by atoms with Gasteiger partial charge in [0.2, 0.25) is 0 Å². The second kappa shape index (κ2) is 8.52. The van der Waals surface area contributed by atoms with E-state index in [9.17, 15) is 0 Å². The quantitative estimate of drug-likeness (QED) is 0.623. The van der Waals surface area contributed by atoms with Crippen molar-refractivity contribution in [1.29, 1.82) is 0 Å². The summed E-state index contributed by atoms with van der Waals surface area (Å²) in [5.74, 6) is 0.828. The first-order valence-corrected chi connectivity index (χ1v) is 5.57. The first kappa shape index (κ1) is 12.9. The van der Waals surface area contributed by atoms with Gasteiger partial charge in [0.05, 0.1) is 0 Å². The molecule has 2 heteroatoms. The lowest BCUT2D eigenvalue weighted by molar-refractivity contribution is 0.259. The highest BCUT2D eigenvalue weighted by atomic mass is 15.1. The molecule has 0 heterocycles. The number of likely N-dealkylation sites (N-methyl/N-ethyl adjacent to an activating group) is 1. The molecule has 0 aliphatic carbocycles. The first-order chi connectivity index (χ1) is 6.20. The Kier molecular flexibility index (Phi) is 8.46. The molecule has 1 N–H and O–H groups in total. The Morgan fingerprint density at radius 3 is 2.31 bits per heavy atom. The van der Waals surface area contributed by atoms with Gasteiger partial charge in [-0.05, 0) is 38.9 Å². The largest absolute Gasteiger partial charge is 0.318 e. The fraction of sp³-hybridized carbons (Fsp3) is 1.00. The lowest BCUT2D eigenvalue weighted by Crippen LogP contribution is -2.32. The van der Waals surface area contributed by atoms with Gasteiger partial charge in [-0.1, -0.05) is 20.8 Å². The zero-order valence-corrected chi connectivity index (χ0v) is 9.77. The summed E-state index contributed by atoms with van der Waals surface area (Å²) in [6.45, 7) is 11.6. The summed E-state index contributed by atoms with van der Waals surface area (Å²) < 4.78 is 0. The predicted octanol–water partition coefficient (Wildman–Crippen LogP) is 1.96. The van der Waals surface area contributed by atoms with Crippen molar-refractivity contribution in [2.45, 2.75) is 33.6 Å². The van der Waals surface area contributed by atoms with Gasteiger partial charge in [0, 0.05) is 13.1 Å². The lowest BCUT2D eigenvalue weighted by atomic mass is 10.1. The monoisotopic (exact) mass is 186 g/mol. The minimum absolute atomic E-state index is 0.828. The summed E-state index contributed by atoms with van der Waals surface area (Å²) in [6, 6.07) is 0. The topological polar surface area (TPSA) is 15.3 Å². The average Bonchev–Trinajstić information content (AvgIpc) is 2.09. The smallest absolute Gasteiger partial charge is 0.0107 e. The molecule has 0 spiro atoms. The van der Waals surface area contributed by atoms with Crippen LogP contribution in [-0.4, -0.2) is 38.1 Å². The van der Waals surface area contributed by atoms with Gasteiger partial charge in [-0.2, -0.15) is 0 Å². The third-order valence-corrected chi connectivity index (χ3v) is 2.24. The molecule has 80 valence electrons. The Morgan fingerprint density at radius 2 is 1.85 bits per heavy atom. The maximum Gasteiger partial charge on any atom is 0.0107 e. The molecule has 0 aliphatic rings. The Bertz CT molecular complexity index is 102. The van der Waals surface area contributed by atoms with Crippen molar-refractivity contribution in [2.75, 3.05) is 33.2 Å². The maximum absolute atomic E-state index is 3.20. The van der Waals surface area contributed by atoms with Crippen molar-refractivity contribution in [3.05, 3.63) is 0 Å². The molecule has 0 aliphatic heterocycles. The summed E-state index contributed by atoms with van der Waals surface area (Å²) in [7, 11) is 2.02. The zero-order chi connectivity index (χ0) is 10.1. The fourth-order valence-electron chi connectivity index (χ4n) is 1.36. The number of rotatable bonds is 8. The summed E-state index contributed by atoms with van der Waals surface area (Å²) in [6.07, 6.45) is 2.59. The zero-order valence-electron chi connectivity index (χ0n) is 9.77. The van der Waals surface area contributed by atoms with Gasteiger partial charge < -0.3 is 10.2 Å². The number of nitrogens with one attached hydrogen (secondary N) is 1. The molecule has 0 rings (SSSR count). The van der Waals surface area contributed by atoms with Crippen LogP contribution in [0.2, 0.25) is 0 Å². The molecule has 13 heavy (non-hydrogen) atoms. The van der Waals surface area contributed by atoms with E-state index in [1.807, 2.05) is 7.05 Å². The normalized spacial score (nSPS) is 11.5. The van der Waals surface area contributed by atoms with E-state index in [2.05, 4.69) is 31.0 Å². The Hall–Kier alpha value is -0.0800. The molecule has 0 aromatic rings. The van der Waals surface area contributed by atoms with Crippen LogP contribution in [0.5, 0.6) is 0 Å². The minimum Gasteiger partial charge on any atom is -0.318 e. The van der Waals surface area contributed by atoms with Gasteiger partial charge >= 0.3 is 0 Å². The Labute approximate surface area is 83.7 Å². The molecule has 0 atom stereocenters. The van der Waals surface area contributed by atoms with E-state index in [0.717, 1.165) is 12.5 Å². The van der Waals surface area contributed by atoms with Crippen molar-refractivity contribution >= 4 is 0 Å². The summed E-state index contributed by atoms with van der Waals surface area (Å²) in [5, 5.41) is 3.20. The van der Waals surface area contributed by atoms with Gasteiger partial charge in [-0.3, -0.25) is 0 Å². The molecular formula is C11H26N2. The van der Waals surface area contributed by atoms with Gasteiger partial charge in [0.1, 0.15) is 0 Å². The number of hydrogen-bond acceptors (Lipinski definition) is 2. The van der Waals surface area contributed by atoms with Gasteiger partial charge in [-0.15, -0.1) is 0 Å². The maximum atomic E-state index is 3.20. The lowest BCUT2D eigenvalue weighted by Gasteiger charge is -2.22. The average molecular weight is 186 g/mol. The van der Waals surface area contributed by atoms with Crippen LogP contribution in [0.1, 0.15) is 33.6 Å². The molecule has 0 saturated carbocycles. The molecule has 0 unspecified atom stereocenters. The van der Waals surface area contributed by atoms with Crippen molar-refractivity contribution in [1.82, 2.24) is 10.2 Å². The standard InChI is InChI=1S/C11H26N2/c1-5-8-13(10-7-12-4)9-6-11(2)3/h11-12H,5-10H2,1-4H3. The SMILES string of the molecule is CCCN(CCNC)CCC(C)C. The molecule has 0 bridgehead atoms. The van der Waals surface area contributed by atoms with Crippen LogP contribution in [-0.2, 0) is 0 Å². The second-order valence-electron chi connectivity index (χ2n) is 4.13. The van der Waals surface area contributed by atoms with Crippen LogP contribution in [0, 0.1) is 5.92 Å². The van der Waals surface area contributed by atoms with E-state index in [1.54, 1.807) is 0 Å². The van der Waals surface area contributed by atoms with E-state index in [4.69, 9.17) is 0 Å². The third-order valence-electron chi connectivity index (χ3n) is 2.24. The molecule has 0 radical (unpaired) electrons. The van der Waals surface area contributed by atoms with E-state index in [-0.39, 0.29) is 0 Å². The van der Waals surface area contributed by atoms with E-state index in [1.165, 1.54) is 32.5 Å². The van der Waals surface area contributed by atoms with E-state index in [0.29, 0.717) is 0 Å². The van der Waals surface area contributed by atoms with Crippen LogP contribution in [0.4, 0.5) is 0 Å². The van der Waals surface area contributed by atoms with Crippen LogP contribution < -0.4 is 5.32 Å². The predicted molar refractivity (Wildman–Crippen MR) is 60.1 cm³/mol. The highest BCUT2D eigenvalue weighted by Gasteiger charge is 2.03. The fourth-order valence-corrected chi connectivity index (χ4v) is 1.36. The van der Waals surface area contributed by atoms with Crippen molar-refractivity contribution in [2.24, 2.45) is 5.92 Å². The molecule has 0 aromatic heterocycles. The molecule has 0 aromatic carbocycles. The Morgan fingerprint density at radius 1 is 1.15 bits per heavy atom. The minimum atomic E-state index is 0.828. The van der Waals surface area contributed by atoms with Crippen LogP contribution in [0.25, 0.3) is 0 Å². The highest BCUT2D eigenvalue weighted by Crippen LogP contribution is 2.02. The Balaban J connectivity index is 3.53. The number of nitrogens with zero attached hydrogens (tertiary/aromatic N) is 1. The summed E-state index contributed by atoms with van der Waals surface area (Å²) >= 11 is 0. The first-order valence-electron chi connectivity index (χ1n) is 5.57. The van der Waals surface area contributed by atoms with Gasteiger partial charge in [0.25, 0.3) is 0 Å². The summed E-state index contributed by atoms with van der Waals surface area (Å²) in [4.78, 5) is 2.55. The van der Waals surface area contributed by atoms with Gasteiger partial charge in [-0.25, -0.2) is 0 Å². The number of hydrogen-bond donors (Lipinski definition) is 1. The molecule has 0 fully saturated rings. The van der Waals surface area contributed by atoms with Crippen LogP contribution in [0.15, 0.2) is 0 Å². The van der Waals surface area contributed by atoms with E-state index >= 15 is 0 Å². The van der Waals surface area contributed by atoms with E-state index < -0.39 is 0 Å².